The Balaban J connectivity index is 1.93. The first-order chi connectivity index (χ1) is 13.7. The van der Waals surface area contributed by atoms with E-state index in [9.17, 15) is 18.0 Å². The molecule has 9 nitrogen and oxygen atoms in total. The van der Waals surface area contributed by atoms with Crippen LogP contribution < -0.4 is 14.8 Å². The van der Waals surface area contributed by atoms with E-state index in [-0.39, 0.29) is 17.9 Å². The number of aliphatic carboxylic acids is 1. The van der Waals surface area contributed by atoms with Crippen molar-refractivity contribution in [1.82, 2.24) is 0 Å². The van der Waals surface area contributed by atoms with E-state index < -0.39 is 34.1 Å². The van der Waals surface area contributed by atoms with Crippen molar-refractivity contribution < 1.29 is 32.6 Å². The maximum absolute atomic E-state index is 13.2. The predicted molar refractivity (Wildman–Crippen MR) is 103 cm³/mol. The molecule has 1 heterocycles. The molecule has 0 aromatic heterocycles. The largest absolute Gasteiger partial charge is 0.497 e. The number of ether oxygens (including phenoxy) is 2. The molecular formula is C19H20N2O7S. The number of rotatable bonds is 6. The molecular weight excluding hydrogens is 400 g/mol. The molecule has 2 atom stereocenters. The molecule has 2 unspecified atom stereocenters. The molecule has 0 bridgehead atoms. The molecule has 29 heavy (non-hydrogen) atoms. The second-order valence-corrected chi connectivity index (χ2v) is 8.32. The summed E-state index contributed by atoms with van der Waals surface area (Å²) in [7, 11) is -2.34. The lowest BCUT2D eigenvalue weighted by Gasteiger charge is -2.21. The van der Waals surface area contributed by atoms with Gasteiger partial charge in [0.2, 0.25) is 0 Å². The summed E-state index contributed by atoms with van der Waals surface area (Å²) >= 11 is 0. The average molecular weight is 420 g/mol. The summed E-state index contributed by atoms with van der Waals surface area (Å²) in [6.45, 7) is 0.0675. The minimum absolute atomic E-state index is 0.0417. The van der Waals surface area contributed by atoms with Gasteiger partial charge in [-0.05, 0) is 35.9 Å². The van der Waals surface area contributed by atoms with Gasteiger partial charge in [0.05, 0.1) is 17.7 Å². The molecule has 10 heteroatoms. The minimum atomic E-state index is -3.83. The number of esters is 1. The highest BCUT2D eigenvalue weighted by atomic mass is 32.2. The van der Waals surface area contributed by atoms with Crippen molar-refractivity contribution in [1.29, 1.82) is 0 Å². The zero-order chi connectivity index (χ0) is 21.2. The number of benzene rings is 2. The fraction of sp³-hybridized carbons (Fsp3) is 0.263. The highest BCUT2D eigenvalue weighted by Gasteiger charge is 2.38. The van der Waals surface area contributed by atoms with Crippen molar-refractivity contribution in [2.75, 3.05) is 18.0 Å². The molecule has 1 aliphatic heterocycles. The summed E-state index contributed by atoms with van der Waals surface area (Å²) in [5.41, 5.74) is 6.91. The molecule has 0 fully saturated rings. The highest BCUT2D eigenvalue weighted by Crippen LogP contribution is 2.43. The fourth-order valence-electron chi connectivity index (χ4n) is 3.28. The van der Waals surface area contributed by atoms with Crippen molar-refractivity contribution in [2.45, 2.75) is 23.5 Å². The Hall–Kier alpha value is -3.11. The van der Waals surface area contributed by atoms with Crippen LogP contribution in [0.1, 0.15) is 17.9 Å². The molecule has 0 aliphatic carbocycles. The van der Waals surface area contributed by atoms with Crippen molar-refractivity contribution in [2.24, 2.45) is 5.73 Å². The van der Waals surface area contributed by atoms with Crippen LogP contribution in [0.5, 0.6) is 5.75 Å². The van der Waals surface area contributed by atoms with Gasteiger partial charge in [-0.1, -0.05) is 18.2 Å². The monoisotopic (exact) mass is 420 g/mol. The van der Waals surface area contributed by atoms with Crippen molar-refractivity contribution in [3.8, 4) is 5.75 Å². The maximum atomic E-state index is 13.2. The lowest BCUT2D eigenvalue weighted by molar-refractivity contribution is -0.167. The Morgan fingerprint density at radius 1 is 1.24 bits per heavy atom. The van der Waals surface area contributed by atoms with Gasteiger partial charge in [-0.15, -0.1) is 0 Å². The smallest absolute Gasteiger partial charge is 0.418 e. The molecule has 1 aliphatic rings. The van der Waals surface area contributed by atoms with E-state index in [0.717, 1.165) is 0 Å². The molecule has 0 saturated carbocycles. The van der Waals surface area contributed by atoms with Crippen molar-refractivity contribution >= 4 is 27.6 Å². The van der Waals surface area contributed by atoms with Crippen LogP contribution in [0.25, 0.3) is 0 Å². The van der Waals surface area contributed by atoms with Crippen LogP contribution in [-0.4, -0.2) is 45.3 Å². The van der Waals surface area contributed by atoms with Gasteiger partial charge in [-0.2, -0.15) is 0 Å². The Morgan fingerprint density at radius 3 is 2.55 bits per heavy atom. The summed E-state index contributed by atoms with van der Waals surface area (Å²) < 4.78 is 37.5. The first-order valence-corrected chi connectivity index (χ1v) is 10.1. The number of nitrogens with two attached hydrogens (primary N) is 1. The minimum Gasteiger partial charge on any atom is -0.497 e. The molecule has 0 amide bonds. The van der Waals surface area contributed by atoms with E-state index in [1.54, 1.807) is 36.4 Å². The standard InChI is InChI=1S/C19H20N2O7S/c1-27-13-7-8-16-15(10-13)12(9-17(20)28-19(24)18(22)23)11-21(16)29(25,26)14-5-3-2-4-6-14/h2-8,10,12,17H,9,11,20H2,1H3,(H,22,23). The Kier molecular flexibility index (Phi) is 5.76. The second kappa shape index (κ2) is 8.10. The van der Waals surface area contributed by atoms with Gasteiger partial charge >= 0.3 is 11.9 Å². The zero-order valence-electron chi connectivity index (χ0n) is 15.5. The summed E-state index contributed by atoms with van der Waals surface area (Å²) in [4.78, 5) is 22.1. The second-order valence-electron chi connectivity index (χ2n) is 6.46. The number of carboxylic acid groups (broad SMARTS) is 1. The molecule has 154 valence electrons. The van der Waals surface area contributed by atoms with Crippen LogP contribution in [0.15, 0.2) is 53.4 Å². The van der Waals surface area contributed by atoms with Crippen LogP contribution in [0, 0.1) is 0 Å². The lowest BCUT2D eigenvalue weighted by atomic mass is 9.97. The highest BCUT2D eigenvalue weighted by molar-refractivity contribution is 7.92. The van der Waals surface area contributed by atoms with E-state index >= 15 is 0 Å². The van der Waals surface area contributed by atoms with E-state index in [4.69, 9.17) is 20.3 Å². The third-order valence-electron chi connectivity index (χ3n) is 4.61. The van der Waals surface area contributed by atoms with E-state index in [1.807, 2.05) is 0 Å². The first kappa shape index (κ1) is 20.6. The predicted octanol–water partition coefficient (Wildman–Crippen LogP) is 1.29. The van der Waals surface area contributed by atoms with Gasteiger partial charge in [-0.3, -0.25) is 10.0 Å². The quantitative estimate of drug-likeness (QED) is 0.405. The first-order valence-electron chi connectivity index (χ1n) is 8.69. The molecule has 0 spiro atoms. The number of carboxylic acids is 1. The number of carbonyl (C=O) groups is 2. The van der Waals surface area contributed by atoms with E-state index in [0.29, 0.717) is 17.0 Å². The average Bonchev–Trinajstić information content (AvgIpc) is 3.06. The Bertz CT molecular complexity index is 1020. The van der Waals surface area contributed by atoms with Crippen LogP contribution in [0.4, 0.5) is 5.69 Å². The SMILES string of the molecule is COc1ccc2c(c1)C(CC(N)OC(=O)C(=O)O)CN2S(=O)(=O)c1ccccc1. The van der Waals surface area contributed by atoms with E-state index in [1.165, 1.54) is 23.5 Å². The molecule has 2 aromatic carbocycles. The topological polar surface area (TPSA) is 136 Å². The normalized spacial score (nSPS) is 16.8. The molecule has 0 radical (unpaired) electrons. The fourth-order valence-corrected chi connectivity index (χ4v) is 4.83. The number of nitrogens with zero attached hydrogens (tertiary/aromatic N) is 1. The number of anilines is 1. The molecule has 2 aromatic rings. The zero-order valence-corrected chi connectivity index (χ0v) is 16.3. The van der Waals surface area contributed by atoms with E-state index in [2.05, 4.69) is 0 Å². The van der Waals surface area contributed by atoms with Crippen LogP contribution in [-0.2, 0) is 24.3 Å². The van der Waals surface area contributed by atoms with Crippen LogP contribution >= 0.6 is 0 Å². The summed E-state index contributed by atoms with van der Waals surface area (Å²) in [5.74, 6) is -3.10. The summed E-state index contributed by atoms with van der Waals surface area (Å²) in [6, 6.07) is 13.0. The van der Waals surface area contributed by atoms with Gasteiger partial charge in [-0.25, -0.2) is 18.0 Å². The number of hydrogen-bond donors (Lipinski definition) is 2. The number of hydrogen-bond acceptors (Lipinski definition) is 7. The van der Waals surface area contributed by atoms with Crippen molar-refractivity contribution in [3.05, 3.63) is 54.1 Å². The number of carbonyl (C=O) groups excluding carboxylic acids is 1. The Morgan fingerprint density at radius 2 is 1.93 bits per heavy atom. The number of fused-ring (bicyclic) bond motifs is 1. The van der Waals surface area contributed by atoms with Crippen molar-refractivity contribution in [3.63, 3.8) is 0 Å². The molecule has 3 N–H and O–H groups in total. The number of methoxy groups -OCH3 is 1. The van der Waals surface area contributed by atoms with Gasteiger partial charge < -0.3 is 14.6 Å². The number of sulfonamides is 1. The van der Waals surface area contributed by atoms with Gasteiger partial charge in [0.1, 0.15) is 5.75 Å². The van der Waals surface area contributed by atoms with Gasteiger partial charge in [0.25, 0.3) is 10.0 Å². The third kappa shape index (κ3) is 4.17. The Labute approximate surface area is 167 Å². The summed E-state index contributed by atoms with van der Waals surface area (Å²) in [5, 5.41) is 8.66. The van der Waals surface area contributed by atoms with Gasteiger partial charge in [0, 0.05) is 18.9 Å². The maximum Gasteiger partial charge on any atom is 0.418 e. The van der Waals surface area contributed by atoms with Gasteiger partial charge in [0.15, 0.2) is 6.23 Å². The summed E-state index contributed by atoms with van der Waals surface area (Å²) in [6.07, 6.45) is -1.16. The molecule has 3 rings (SSSR count). The van der Waals surface area contributed by atoms with Crippen LogP contribution in [0.2, 0.25) is 0 Å². The third-order valence-corrected chi connectivity index (χ3v) is 6.40. The lowest BCUT2D eigenvalue weighted by Crippen LogP contribution is -2.34. The molecule has 0 saturated heterocycles. The van der Waals surface area contributed by atoms with Crippen LogP contribution in [0.3, 0.4) is 0 Å².